The number of ether oxygens (including phenoxy) is 1. The van der Waals surface area contributed by atoms with E-state index in [0.29, 0.717) is 24.0 Å². The van der Waals surface area contributed by atoms with Crippen LogP contribution in [0, 0.1) is 6.92 Å². The second-order valence-corrected chi connectivity index (χ2v) is 9.04. The van der Waals surface area contributed by atoms with Crippen molar-refractivity contribution in [2.45, 2.75) is 78.4 Å². The number of likely N-dealkylation sites (tertiary alicyclic amines) is 1. The quantitative estimate of drug-likeness (QED) is 0.730. The van der Waals surface area contributed by atoms with Crippen molar-refractivity contribution in [3.05, 3.63) is 33.8 Å². The highest BCUT2D eigenvalue weighted by Crippen LogP contribution is 2.37. The first-order valence-electron chi connectivity index (χ1n) is 10.1. The first kappa shape index (κ1) is 22.5. The number of nitrogens with one attached hydrogen (secondary N) is 1. The highest BCUT2D eigenvalue weighted by Gasteiger charge is 2.29. The van der Waals surface area contributed by atoms with Gasteiger partial charge in [-0.2, -0.15) is 0 Å². The third-order valence-corrected chi connectivity index (χ3v) is 5.52. The van der Waals surface area contributed by atoms with Gasteiger partial charge in [0.25, 0.3) is 0 Å². The Morgan fingerprint density at radius 1 is 1.29 bits per heavy atom. The van der Waals surface area contributed by atoms with E-state index in [4.69, 9.17) is 16.3 Å². The van der Waals surface area contributed by atoms with E-state index in [2.05, 4.69) is 18.3 Å². The molecule has 6 heteroatoms. The lowest BCUT2D eigenvalue weighted by Crippen LogP contribution is -2.41. The standard InChI is InChI=1S/C22H33ClN2O3/c1-7-20(24-15(3)26)18-13-19(23)14(2)12-17(18)16-8-10-25(11-9-16)21(27)28-22(4,5)6/h12-13,16,20H,7-11H2,1-6H3,(H,24,26). The number of amides is 2. The van der Waals surface area contributed by atoms with E-state index < -0.39 is 5.60 Å². The molecule has 1 aromatic rings. The largest absolute Gasteiger partial charge is 0.444 e. The van der Waals surface area contributed by atoms with Gasteiger partial charge in [-0.1, -0.05) is 24.6 Å². The predicted molar refractivity (Wildman–Crippen MR) is 113 cm³/mol. The number of benzene rings is 1. The van der Waals surface area contributed by atoms with Crippen molar-refractivity contribution in [3.63, 3.8) is 0 Å². The summed E-state index contributed by atoms with van der Waals surface area (Å²) in [5.74, 6) is 0.279. The number of carbonyl (C=O) groups excluding carboxylic acids is 2. The molecule has 0 aromatic heterocycles. The van der Waals surface area contributed by atoms with Crippen LogP contribution in [-0.4, -0.2) is 35.6 Å². The molecule has 1 aromatic carbocycles. The molecule has 2 rings (SSSR count). The smallest absolute Gasteiger partial charge is 0.410 e. The molecule has 1 unspecified atom stereocenters. The van der Waals surface area contributed by atoms with E-state index in [1.165, 1.54) is 12.5 Å². The number of piperidine rings is 1. The van der Waals surface area contributed by atoms with Gasteiger partial charge < -0.3 is 15.0 Å². The number of hydrogen-bond donors (Lipinski definition) is 1. The molecule has 1 heterocycles. The predicted octanol–water partition coefficient (Wildman–Crippen LogP) is 5.35. The molecule has 1 saturated heterocycles. The van der Waals surface area contributed by atoms with Crippen molar-refractivity contribution in [1.82, 2.24) is 10.2 Å². The molecule has 1 N–H and O–H groups in total. The summed E-state index contributed by atoms with van der Waals surface area (Å²) in [4.78, 5) is 25.8. The fourth-order valence-corrected chi connectivity index (χ4v) is 3.89. The van der Waals surface area contributed by atoms with Crippen molar-refractivity contribution in [2.24, 2.45) is 0 Å². The average Bonchev–Trinajstić information content (AvgIpc) is 2.60. The zero-order valence-electron chi connectivity index (χ0n) is 17.9. The van der Waals surface area contributed by atoms with Crippen LogP contribution in [0.2, 0.25) is 5.02 Å². The highest BCUT2D eigenvalue weighted by molar-refractivity contribution is 6.31. The topological polar surface area (TPSA) is 58.6 Å². The van der Waals surface area contributed by atoms with Gasteiger partial charge in [-0.25, -0.2) is 4.79 Å². The van der Waals surface area contributed by atoms with E-state index in [-0.39, 0.29) is 18.0 Å². The van der Waals surface area contributed by atoms with E-state index in [1.54, 1.807) is 4.90 Å². The highest BCUT2D eigenvalue weighted by atomic mass is 35.5. The number of hydrogen-bond acceptors (Lipinski definition) is 3. The van der Waals surface area contributed by atoms with Crippen LogP contribution >= 0.6 is 11.6 Å². The van der Waals surface area contributed by atoms with Crippen LogP contribution in [0.3, 0.4) is 0 Å². The molecule has 5 nitrogen and oxygen atoms in total. The summed E-state index contributed by atoms with van der Waals surface area (Å²) in [6.45, 7) is 12.6. The number of nitrogens with zero attached hydrogens (tertiary/aromatic N) is 1. The van der Waals surface area contributed by atoms with Crippen LogP contribution in [0.4, 0.5) is 4.79 Å². The Labute approximate surface area is 173 Å². The van der Waals surface area contributed by atoms with Gasteiger partial charge in [0.15, 0.2) is 0 Å². The Morgan fingerprint density at radius 3 is 2.39 bits per heavy atom. The minimum atomic E-state index is -0.485. The molecule has 2 amide bonds. The number of rotatable bonds is 4. The fourth-order valence-electron chi connectivity index (χ4n) is 3.72. The summed E-state index contributed by atoms with van der Waals surface area (Å²) in [7, 11) is 0. The molecule has 0 aliphatic carbocycles. The maximum absolute atomic E-state index is 12.3. The van der Waals surface area contributed by atoms with E-state index in [0.717, 1.165) is 30.4 Å². The summed E-state index contributed by atoms with van der Waals surface area (Å²) in [6.07, 6.45) is 2.28. The van der Waals surface area contributed by atoms with Crippen LogP contribution in [0.5, 0.6) is 0 Å². The maximum Gasteiger partial charge on any atom is 0.410 e. The second kappa shape index (κ2) is 9.17. The van der Waals surface area contributed by atoms with E-state index in [9.17, 15) is 9.59 Å². The molecule has 0 saturated carbocycles. The summed E-state index contributed by atoms with van der Waals surface area (Å²) in [6, 6.07) is 4.08. The first-order chi connectivity index (χ1) is 13.0. The normalized spacial score (nSPS) is 16.6. The van der Waals surface area contributed by atoms with Crippen molar-refractivity contribution in [1.29, 1.82) is 0 Å². The van der Waals surface area contributed by atoms with Gasteiger partial charge in [0.05, 0.1) is 6.04 Å². The molecule has 1 aliphatic heterocycles. The van der Waals surface area contributed by atoms with Gasteiger partial charge in [0.2, 0.25) is 5.91 Å². The van der Waals surface area contributed by atoms with E-state index >= 15 is 0 Å². The Hall–Kier alpha value is -1.75. The van der Waals surface area contributed by atoms with Gasteiger partial charge in [-0.05, 0) is 75.6 Å². The second-order valence-electron chi connectivity index (χ2n) is 8.63. The van der Waals surface area contributed by atoms with Crippen LogP contribution < -0.4 is 5.32 Å². The Balaban J connectivity index is 2.20. The van der Waals surface area contributed by atoms with Gasteiger partial charge >= 0.3 is 6.09 Å². The molecular formula is C22H33ClN2O3. The minimum absolute atomic E-state index is 0.0470. The lowest BCUT2D eigenvalue weighted by Gasteiger charge is -2.35. The lowest BCUT2D eigenvalue weighted by atomic mass is 9.83. The molecule has 1 fully saturated rings. The average molecular weight is 409 g/mol. The zero-order valence-corrected chi connectivity index (χ0v) is 18.7. The molecular weight excluding hydrogens is 376 g/mol. The number of aryl methyl sites for hydroxylation is 1. The SMILES string of the molecule is CCC(NC(C)=O)c1cc(Cl)c(C)cc1C1CCN(C(=O)OC(C)(C)C)CC1. The van der Waals surface area contributed by atoms with Crippen molar-refractivity contribution >= 4 is 23.6 Å². The first-order valence-corrected chi connectivity index (χ1v) is 10.4. The summed E-state index contributed by atoms with van der Waals surface area (Å²) < 4.78 is 5.50. The molecule has 156 valence electrons. The van der Waals surface area contributed by atoms with Crippen molar-refractivity contribution in [2.75, 3.05) is 13.1 Å². The number of carbonyl (C=O) groups is 2. The van der Waals surface area contributed by atoms with Crippen molar-refractivity contribution < 1.29 is 14.3 Å². The molecule has 0 bridgehead atoms. The maximum atomic E-state index is 12.3. The van der Waals surface area contributed by atoms with Crippen LogP contribution in [-0.2, 0) is 9.53 Å². The molecule has 1 aliphatic rings. The molecule has 0 radical (unpaired) electrons. The fraction of sp³-hybridized carbons (Fsp3) is 0.636. The third kappa shape index (κ3) is 5.87. The van der Waals surface area contributed by atoms with E-state index in [1.807, 2.05) is 33.8 Å². The van der Waals surface area contributed by atoms with Gasteiger partial charge in [0, 0.05) is 25.0 Å². The molecule has 0 spiro atoms. The summed E-state index contributed by atoms with van der Waals surface area (Å²) in [5.41, 5.74) is 2.87. The molecule has 28 heavy (non-hydrogen) atoms. The lowest BCUT2D eigenvalue weighted by molar-refractivity contribution is -0.119. The van der Waals surface area contributed by atoms with Gasteiger partial charge in [0.1, 0.15) is 5.60 Å². The van der Waals surface area contributed by atoms with Gasteiger partial charge in [-0.15, -0.1) is 0 Å². The summed E-state index contributed by atoms with van der Waals surface area (Å²) >= 11 is 6.41. The Morgan fingerprint density at radius 2 is 1.89 bits per heavy atom. The monoisotopic (exact) mass is 408 g/mol. The zero-order chi connectivity index (χ0) is 21.1. The summed E-state index contributed by atoms with van der Waals surface area (Å²) in [5, 5.41) is 3.76. The third-order valence-electron chi connectivity index (χ3n) is 5.11. The minimum Gasteiger partial charge on any atom is -0.444 e. The van der Waals surface area contributed by atoms with Crippen LogP contribution in [0.15, 0.2) is 12.1 Å². The van der Waals surface area contributed by atoms with Crippen LogP contribution in [0.1, 0.15) is 82.5 Å². The Kier molecular flexibility index (Phi) is 7.38. The number of halogens is 1. The van der Waals surface area contributed by atoms with Crippen LogP contribution in [0.25, 0.3) is 0 Å². The van der Waals surface area contributed by atoms with Crippen molar-refractivity contribution in [3.8, 4) is 0 Å². The molecule has 1 atom stereocenters. The Bertz CT molecular complexity index is 719. The van der Waals surface area contributed by atoms with Gasteiger partial charge in [-0.3, -0.25) is 4.79 Å².